The highest BCUT2D eigenvalue weighted by Gasteiger charge is 2.29. The van der Waals surface area contributed by atoms with Crippen LogP contribution in [0.5, 0.6) is 23.3 Å². The van der Waals surface area contributed by atoms with E-state index in [1.54, 1.807) is 49.5 Å². The zero-order valence-electron chi connectivity index (χ0n) is 38.8. The molecule has 0 saturated carbocycles. The van der Waals surface area contributed by atoms with Crippen LogP contribution in [-0.4, -0.2) is 130 Å². The number of carbonyl (C=O) groups is 2. The van der Waals surface area contributed by atoms with Gasteiger partial charge in [0.05, 0.1) is 45.5 Å². The van der Waals surface area contributed by atoms with Crippen molar-refractivity contribution in [2.75, 3.05) is 70.2 Å². The Morgan fingerprint density at radius 1 is 0.687 bits per heavy atom. The van der Waals surface area contributed by atoms with Crippen LogP contribution in [0.2, 0.25) is 5.28 Å². The zero-order chi connectivity index (χ0) is 48.3. The van der Waals surface area contributed by atoms with Gasteiger partial charge < -0.3 is 59.9 Å². The van der Waals surface area contributed by atoms with E-state index in [0.29, 0.717) is 81.4 Å². The van der Waals surface area contributed by atoms with Gasteiger partial charge in [-0.1, -0.05) is 0 Å². The molecule has 8 heterocycles. The summed E-state index contributed by atoms with van der Waals surface area (Å²) in [6.45, 7) is 14.2. The maximum Gasteiger partial charge on any atom is 0.407 e. The molecule has 8 rings (SSSR count). The second-order valence-electron chi connectivity index (χ2n) is 16.7. The van der Waals surface area contributed by atoms with Crippen molar-refractivity contribution in [3.05, 3.63) is 40.6 Å². The van der Waals surface area contributed by atoms with Crippen LogP contribution in [0.15, 0.2) is 35.3 Å². The van der Waals surface area contributed by atoms with E-state index in [1.807, 2.05) is 46.4 Å². The number of fused-ring (bicyclic) bond motifs is 2. The Morgan fingerprint density at radius 3 is 1.70 bits per heavy atom. The molecule has 2 aliphatic rings. The molecule has 6 aromatic heterocycles. The van der Waals surface area contributed by atoms with Gasteiger partial charge in [-0.2, -0.15) is 24.9 Å². The maximum atomic E-state index is 12.1. The fraction of sp³-hybridized carbons (Fsp3) is 0.476. The number of nitrogens with zero attached hydrogens (tertiary/aromatic N) is 9. The molecule has 360 valence electrons. The smallest absolute Gasteiger partial charge is 0.407 e. The molecule has 0 bridgehead atoms. The van der Waals surface area contributed by atoms with E-state index in [1.165, 1.54) is 36.9 Å². The molecule has 2 aliphatic heterocycles. The van der Waals surface area contributed by atoms with E-state index in [2.05, 4.69) is 61.5 Å². The molecule has 0 aliphatic carbocycles. The predicted octanol–water partition coefficient (Wildman–Crippen LogP) is 7.11. The third-order valence-corrected chi connectivity index (χ3v) is 10.9. The number of pyridine rings is 2. The highest BCUT2D eigenvalue weighted by atomic mass is 35.5. The lowest BCUT2D eigenvalue weighted by Crippen LogP contribution is -2.40. The summed E-state index contributed by atoms with van der Waals surface area (Å²) >= 11 is 8.73. The second-order valence-corrected chi connectivity index (χ2v) is 18.7. The number of nitrogens with one attached hydrogen (secondary N) is 5. The van der Waals surface area contributed by atoms with E-state index >= 15 is 0 Å². The summed E-state index contributed by atoms with van der Waals surface area (Å²) in [5.41, 5.74) is 3.76. The Balaban J connectivity index is 0.000000185. The molecule has 25 heteroatoms. The van der Waals surface area contributed by atoms with Crippen LogP contribution in [-0.2, 0) is 9.47 Å². The lowest BCUT2D eigenvalue weighted by atomic mass is 10.2. The van der Waals surface area contributed by atoms with Gasteiger partial charge in [0.15, 0.2) is 32.8 Å². The van der Waals surface area contributed by atoms with Crippen molar-refractivity contribution in [3.63, 3.8) is 0 Å². The number of methoxy groups -OCH3 is 4. The predicted molar refractivity (Wildman–Crippen MR) is 257 cm³/mol. The summed E-state index contributed by atoms with van der Waals surface area (Å²) in [5.74, 6) is 4.48. The van der Waals surface area contributed by atoms with Crippen LogP contribution in [0.1, 0.15) is 54.4 Å². The van der Waals surface area contributed by atoms with E-state index in [9.17, 15) is 9.59 Å². The van der Waals surface area contributed by atoms with Crippen molar-refractivity contribution >= 4 is 96.4 Å². The quantitative estimate of drug-likeness (QED) is 0.0810. The van der Waals surface area contributed by atoms with Gasteiger partial charge in [0, 0.05) is 25.7 Å². The van der Waals surface area contributed by atoms with Crippen molar-refractivity contribution in [2.45, 2.75) is 77.7 Å². The Morgan fingerprint density at radius 2 is 1.21 bits per heavy atom. The first kappa shape index (κ1) is 50.1. The molecule has 5 N–H and O–H groups in total. The first-order valence-corrected chi connectivity index (χ1v) is 23.1. The summed E-state index contributed by atoms with van der Waals surface area (Å²) in [6.07, 6.45) is 1.01. The van der Waals surface area contributed by atoms with Crippen LogP contribution in [0.4, 0.5) is 38.8 Å². The summed E-state index contributed by atoms with van der Waals surface area (Å²) in [4.78, 5) is 61.9. The molecule has 22 nitrogen and oxygen atoms in total. The van der Waals surface area contributed by atoms with Gasteiger partial charge in [-0.05, 0) is 96.8 Å². The van der Waals surface area contributed by atoms with Gasteiger partial charge in [-0.15, -0.1) is 22.7 Å². The second kappa shape index (κ2) is 22.4. The van der Waals surface area contributed by atoms with E-state index in [-0.39, 0.29) is 23.5 Å². The summed E-state index contributed by atoms with van der Waals surface area (Å²) in [7, 11) is 6.17. The highest BCUT2D eigenvalue weighted by Crippen LogP contribution is 2.32. The number of aromatic nitrogens is 8. The normalized spacial score (nSPS) is 15.7. The largest absolute Gasteiger partial charge is 0.491 e. The van der Waals surface area contributed by atoms with Gasteiger partial charge in [0.25, 0.3) is 11.8 Å². The molecule has 2 fully saturated rings. The molecule has 0 aromatic carbocycles. The Bertz CT molecular complexity index is 2620. The SMILES string of the molecule is CC(C)(C)OC(=O)NC1CCNC1.COc1ccc(Nc2nc(Cl)nc3scnc23)nc1OC.COc1ccc(Nc2nc(N3CCC(NC(=O)OC(C)(C)C)C3)nc3scnc23)nc1OC. The van der Waals surface area contributed by atoms with Crippen LogP contribution in [0.25, 0.3) is 20.7 Å². The van der Waals surface area contributed by atoms with Gasteiger partial charge in [-0.3, -0.25) is 0 Å². The molecule has 2 unspecified atom stereocenters. The van der Waals surface area contributed by atoms with Crippen molar-refractivity contribution in [1.82, 2.24) is 55.8 Å². The van der Waals surface area contributed by atoms with E-state index in [4.69, 9.17) is 45.0 Å². The highest BCUT2D eigenvalue weighted by molar-refractivity contribution is 7.16. The Labute approximate surface area is 400 Å². The average Bonchev–Trinajstić information content (AvgIpc) is 4.12. The number of hydrogen-bond donors (Lipinski definition) is 5. The average molecular weight is 984 g/mol. The van der Waals surface area contributed by atoms with Crippen LogP contribution >= 0.6 is 34.3 Å². The topological polar surface area (TPSA) is 256 Å². The Kier molecular flexibility index (Phi) is 16.7. The molecular weight excluding hydrogens is 928 g/mol. The van der Waals surface area contributed by atoms with E-state index in [0.717, 1.165) is 30.8 Å². The molecule has 67 heavy (non-hydrogen) atoms. The number of carbonyl (C=O) groups excluding carboxylic acids is 2. The van der Waals surface area contributed by atoms with E-state index < -0.39 is 17.3 Å². The van der Waals surface area contributed by atoms with Crippen LogP contribution in [0, 0.1) is 0 Å². The molecule has 2 saturated heterocycles. The number of ether oxygens (including phenoxy) is 6. The van der Waals surface area contributed by atoms with Crippen molar-refractivity contribution in [1.29, 1.82) is 0 Å². The number of rotatable bonds is 11. The molecule has 2 atom stereocenters. The van der Waals surface area contributed by atoms with Crippen molar-refractivity contribution in [3.8, 4) is 23.3 Å². The molecule has 2 amide bonds. The lowest BCUT2D eigenvalue weighted by molar-refractivity contribution is 0.0497. The summed E-state index contributed by atoms with van der Waals surface area (Å²) < 4.78 is 31.3. The number of anilines is 5. The minimum absolute atomic E-state index is 0.0514. The number of alkyl carbamates (subject to hydrolysis) is 2. The van der Waals surface area contributed by atoms with Gasteiger partial charge in [0.1, 0.15) is 33.9 Å². The maximum absolute atomic E-state index is 12.1. The first-order valence-electron chi connectivity index (χ1n) is 21.0. The first-order chi connectivity index (χ1) is 31.9. The number of halogens is 1. The van der Waals surface area contributed by atoms with Crippen molar-refractivity contribution < 1.29 is 38.0 Å². The van der Waals surface area contributed by atoms with Crippen LogP contribution < -0.4 is 50.4 Å². The number of amides is 2. The third kappa shape index (κ3) is 14.3. The zero-order valence-corrected chi connectivity index (χ0v) is 41.2. The minimum Gasteiger partial charge on any atom is -0.491 e. The molecule has 0 radical (unpaired) electrons. The number of hydrogen-bond acceptors (Lipinski definition) is 22. The van der Waals surface area contributed by atoms with Crippen molar-refractivity contribution in [2.24, 2.45) is 0 Å². The summed E-state index contributed by atoms with van der Waals surface area (Å²) in [5, 5.41) is 15.3. The lowest BCUT2D eigenvalue weighted by Gasteiger charge is -2.22. The fourth-order valence-electron chi connectivity index (χ4n) is 6.43. The van der Waals surface area contributed by atoms with Gasteiger partial charge >= 0.3 is 12.2 Å². The monoisotopic (exact) mass is 982 g/mol. The fourth-order valence-corrected chi connectivity index (χ4v) is 7.96. The van der Waals surface area contributed by atoms with Gasteiger partial charge in [-0.25, -0.2) is 24.5 Å². The van der Waals surface area contributed by atoms with Crippen LogP contribution in [0.3, 0.4) is 0 Å². The third-order valence-electron chi connectivity index (χ3n) is 9.30. The molecule has 0 spiro atoms. The summed E-state index contributed by atoms with van der Waals surface area (Å²) in [6, 6.07) is 7.21. The number of thiazole rings is 2. The standard InChI is InChI=1S/C21H27N7O4S.C12H10ClN5O2S.C9H18N2O2/c1-21(2,3)32-20(29)23-12-8-9-28(10-12)19-26-16(15-18(27-19)33-11-22-15)24-14-7-6-13(30-4)17(25-14)31-5;1-19-6-3-4-7(16-10(6)20-2)15-9-8-11(21-5-14-8)18-12(13)17-9;1-9(2,3)13-8(12)11-7-4-5-10-6-7/h6-7,11-12H,8-10H2,1-5H3,(H,23,29)(H,24,25,26,27);3-5H,1-2H3,(H,15,16,17,18);7,10H,4-6H2,1-3H3,(H,11,12). The Hall–Kier alpha value is -6.37. The molecule has 6 aromatic rings. The van der Waals surface area contributed by atoms with Gasteiger partial charge in [0.2, 0.25) is 11.2 Å². The minimum atomic E-state index is -0.540. The molecular formula is C42H55ClN14O8S2.